The molecule has 3 heterocycles. The monoisotopic (exact) mass is 664 g/mol. The molecule has 0 saturated carbocycles. The number of nitrogen functional groups attached to an aromatic ring is 1. The average Bonchev–Trinajstić information content (AvgIpc) is 3.48. The van der Waals surface area contributed by atoms with Gasteiger partial charge in [-0.15, -0.1) is 0 Å². The summed E-state index contributed by atoms with van der Waals surface area (Å²) in [6, 6.07) is 10.7. The highest BCUT2D eigenvalue weighted by Gasteiger charge is 2.65. The van der Waals surface area contributed by atoms with E-state index in [9.17, 15) is 14.5 Å². The molecule has 6 atom stereocenters. The minimum atomic E-state index is -4.68. The van der Waals surface area contributed by atoms with Crippen molar-refractivity contribution >= 4 is 41.6 Å². The molecule has 0 spiro atoms. The molecule has 5 rings (SSSR count). The van der Waals surface area contributed by atoms with Crippen molar-refractivity contribution in [2.24, 2.45) is 0 Å². The van der Waals surface area contributed by atoms with E-state index in [-0.39, 0.29) is 35.3 Å². The van der Waals surface area contributed by atoms with Crippen LogP contribution in [0.1, 0.15) is 40.8 Å². The number of carbonyl (C=O) groups is 1. The molecular formula is C29H35F2N6O8P. The smallest absolute Gasteiger partial charge is 0.459 e. The third kappa shape index (κ3) is 6.48. The Morgan fingerprint density at radius 1 is 1.20 bits per heavy atom. The Morgan fingerprint density at radius 3 is 2.63 bits per heavy atom. The number of hydrogen-bond donors (Lipinski definition) is 3. The summed E-state index contributed by atoms with van der Waals surface area (Å²) in [6.45, 7) is 6.15. The van der Waals surface area contributed by atoms with E-state index < -0.39 is 56.3 Å². The number of alkyl halides is 2. The zero-order valence-corrected chi connectivity index (χ0v) is 26.6. The van der Waals surface area contributed by atoms with Crippen LogP contribution >= 0.6 is 7.75 Å². The third-order valence-electron chi connectivity index (χ3n) is 7.13. The summed E-state index contributed by atoms with van der Waals surface area (Å²) in [5.41, 5.74) is 3.04. The van der Waals surface area contributed by atoms with Gasteiger partial charge in [-0.25, -0.2) is 18.3 Å². The number of carbonyl (C=O) groups excluding carboxylic acids is 1. The number of nitrogens with one attached hydrogen (secondary N) is 1. The first-order valence-corrected chi connectivity index (χ1v) is 16.0. The number of aliphatic hydroxyl groups is 1. The summed E-state index contributed by atoms with van der Waals surface area (Å²) >= 11 is 0. The molecule has 1 unspecified atom stereocenters. The molecule has 1 saturated heterocycles. The summed E-state index contributed by atoms with van der Waals surface area (Å²) in [5, 5.41) is 14.6. The highest BCUT2D eigenvalue weighted by Crippen LogP contribution is 2.52. The Morgan fingerprint density at radius 2 is 1.91 bits per heavy atom. The van der Waals surface area contributed by atoms with Crippen molar-refractivity contribution in [2.45, 2.75) is 70.6 Å². The Balaban J connectivity index is 1.45. The lowest BCUT2D eigenvalue weighted by atomic mass is 9.97. The minimum absolute atomic E-state index is 0.0143. The summed E-state index contributed by atoms with van der Waals surface area (Å²) in [5.74, 6) is -4.20. The largest absolute Gasteiger partial charge is 0.476 e. The fourth-order valence-electron chi connectivity index (χ4n) is 4.97. The number of aromatic nitrogens is 4. The van der Waals surface area contributed by atoms with Crippen molar-refractivity contribution in [3.05, 3.63) is 48.8 Å². The number of esters is 1. The number of halogens is 2. The highest BCUT2D eigenvalue weighted by molar-refractivity contribution is 7.52. The number of nitrogens with two attached hydrogens (primary N) is 1. The number of ether oxygens (including phenoxy) is 3. The van der Waals surface area contributed by atoms with Crippen LogP contribution in [0, 0.1) is 0 Å². The number of hydrogen-bond acceptors (Lipinski definition) is 12. The summed E-state index contributed by atoms with van der Waals surface area (Å²) < 4.78 is 75.2. The van der Waals surface area contributed by atoms with Crippen molar-refractivity contribution in [1.29, 1.82) is 0 Å². The van der Waals surface area contributed by atoms with Gasteiger partial charge in [-0.1, -0.05) is 36.4 Å². The second-order valence-corrected chi connectivity index (χ2v) is 12.8. The van der Waals surface area contributed by atoms with E-state index in [2.05, 4.69) is 20.0 Å². The molecule has 0 radical (unpaired) electrons. The Labute approximate surface area is 262 Å². The molecular weight excluding hydrogens is 629 g/mol. The number of anilines is 1. The van der Waals surface area contributed by atoms with Crippen LogP contribution in [0.4, 0.5) is 14.7 Å². The van der Waals surface area contributed by atoms with Crippen LogP contribution in [0.3, 0.4) is 0 Å². The van der Waals surface area contributed by atoms with Crippen LogP contribution in [0.2, 0.25) is 0 Å². The molecule has 14 nitrogen and oxygen atoms in total. The van der Waals surface area contributed by atoms with Gasteiger partial charge in [0.05, 0.1) is 19.0 Å². The van der Waals surface area contributed by atoms with Crippen molar-refractivity contribution < 1.29 is 46.5 Å². The van der Waals surface area contributed by atoms with Gasteiger partial charge >= 0.3 is 13.7 Å². The zero-order chi connectivity index (χ0) is 33.4. The molecule has 0 amide bonds. The van der Waals surface area contributed by atoms with Gasteiger partial charge in [-0.05, 0) is 46.1 Å². The van der Waals surface area contributed by atoms with E-state index in [4.69, 9.17) is 29.0 Å². The van der Waals surface area contributed by atoms with Crippen molar-refractivity contribution in [2.75, 3.05) is 18.9 Å². The van der Waals surface area contributed by atoms with Crippen molar-refractivity contribution in [3.8, 4) is 11.6 Å². The number of nitrogens with zero attached hydrogens (tertiary/aromatic N) is 4. The van der Waals surface area contributed by atoms with Crippen molar-refractivity contribution in [3.63, 3.8) is 0 Å². The topological polar surface area (TPSA) is 182 Å². The molecule has 46 heavy (non-hydrogen) atoms. The molecule has 4 aromatic rings. The number of rotatable bonds is 12. The van der Waals surface area contributed by atoms with Gasteiger partial charge < -0.3 is 29.6 Å². The van der Waals surface area contributed by atoms with E-state index in [0.717, 1.165) is 23.2 Å². The molecule has 17 heteroatoms. The quantitative estimate of drug-likeness (QED) is 0.143. The second kappa shape index (κ2) is 12.7. The lowest BCUT2D eigenvalue weighted by Gasteiger charge is -2.28. The van der Waals surface area contributed by atoms with Crippen LogP contribution in [-0.2, 0) is 23.4 Å². The number of fused-ring (bicyclic) bond motifs is 2. The number of imidazole rings is 1. The van der Waals surface area contributed by atoms with Gasteiger partial charge in [0.15, 0.2) is 29.2 Å². The molecule has 1 fully saturated rings. The van der Waals surface area contributed by atoms with Crippen LogP contribution in [0.25, 0.3) is 21.9 Å². The lowest BCUT2D eigenvalue weighted by molar-refractivity contribution is -0.202. The summed E-state index contributed by atoms with van der Waals surface area (Å²) in [7, 11) is -4.68. The van der Waals surface area contributed by atoms with Crippen LogP contribution in [0.15, 0.2) is 48.8 Å². The predicted molar refractivity (Wildman–Crippen MR) is 162 cm³/mol. The van der Waals surface area contributed by atoms with Crippen molar-refractivity contribution in [1.82, 2.24) is 24.6 Å². The normalized spacial score (nSPS) is 25.1. The first kappa shape index (κ1) is 33.4. The van der Waals surface area contributed by atoms with E-state index in [1.54, 1.807) is 57.2 Å². The maximum Gasteiger partial charge on any atom is 0.459 e. The standard InChI is InChI=1S/C29H35F2N6O8P/c1-6-41-23-21-22(34-27(32)35-23)37(15-33-21)26-28(5,30)25(39)29(31,44-26)14-42-46(40,36-17(4)24(38)43-16(2)3)45-20-13-9-11-18-10-7-8-12-19(18)20/h7-13,15-17,25-26,39H,6,14H2,1-5H3,(H,36,40)(H2,32,34,35)/t17-,25-,26+,28+,29+,46?/m0/s1. The van der Waals surface area contributed by atoms with Gasteiger partial charge in [0.2, 0.25) is 11.8 Å². The van der Waals surface area contributed by atoms with Crippen LogP contribution < -0.4 is 20.1 Å². The lowest BCUT2D eigenvalue weighted by Crippen LogP contribution is -2.47. The first-order valence-electron chi connectivity index (χ1n) is 14.4. The predicted octanol–water partition coefficient (Wildman–Crippen LogP) is 4.38. The van der Waals surface area contributed by atoms with Gasteiger partial charge in [0, 0.05) is 5.39 Å². The fraction of sp³-hybridized carbons (Fsp3) is 0.448. The van der Waals surface area contributed by atoms with Gasteiger partial charge in [0.25, 0.3) is 5.85 Å². The van der Waals surface area contributed by atoms with E-state index in [1.165, 1.54) is 13.0 Å². The van der Waals surface area contributed by atoms with Gasteiger partial charge in [-0.3, -0.25) is 13.9 Å². The van der Waals surface area contributed by atoms with Gasteiger partial charge in [0.1, 0.15) is 18.4 Å². The van der Waals surface area contributed by atoms with E-state index in [1.807, 2.05) is 0 Å². The number of benzene rings is 2. The fourth-order valence-corrected chi connectivity index (χ4v) is 6.49. The zero-order valence-electron chi connectivity index (χ0n) is 25.7. The molecule has 248 valence electrons. The summed E-state index contributed by atoms with van der Waals surface area (Å²) in [6.07, 6.45) is -3.70. The Kier molecular flexibility index (Phi) is 9.21. The Bertz CT molecular complexity index is 1790. The van der Waals surface area contributed by atoms with Crippen LogP contribution in [0.5, 0.6) is 11.6 Å². The second-order valence-electron chi connectivity index (χ2n) is 11.1. The molecule has 1 aliphatic rings. The average molecular weight is 665 g/mol. The maximum absolute atomic E-state index is 16.5. The van der Waals surface area contributed by atoms with E-state index in [0.29, 0.717) is 5.39 Å². The number of aliphatic hydroxyl groups excluding tert-OH is 1. The SMILES string of the molecule is CCOc1nc(N)nc2c1ncn2[C@@H]1O[C@](F)(COP(=O)(N[C@@H](C)C(=O)OC(C)C)Oc2cccc3ccccc23)[C@@H](O)[C@@]1(C)F. The molecule has 0 aliphatic carbocycles. The third-order valence-corrected chi connectivity index (χ3v) is 8.74. The first-order chi connectivity index (χ1) is 21.7. The van der Waals surface area contributed by atoms with Gasteiger partial charge in [-0.2, -0.15) is 15.1 Å². The van der Waals surface area contributed by atoms with E-state index >= 15 is 8.78 Å². The summed E-state index contributed by atoms with van der Waals surface area (Å²) in [4.78, 5) is 24.8. The molecule has 4 N–H and O–H groups in total. The molecule has 2 aromatic carbocycles. The highest BCUT2D eigenvalue weighted by atomic mass is 31.2. The molecule has 0 bridgehead atoms. The molecule has 2 aromatic heterocycles. The van der Waals surface area contributed by atoms with Crippen LogP contribution in [-0.4, -0.2) is 73.6 Å². The Hall–Kier alpha value is -3.95. The minimum Gasteiger partial charge on any atom is -0.476 e. The maximum atomic E-state index is 16.5. The molecule has 1 aliphatic heterocycles.